The number of benzene rings is 3. The highest BCUT2D eigenvalue weighted by atomic mass is 35.5. The van der Waals surface area contributed by atoms with Crippen molar-refractivity contribution < 1.29 is 9.21 Å². The van der Waals surface area contributed by atoms with Crippen molar-refractivity contribution in [2.75, 3.05) is 5.75 Å². The van der Waals surface area contributed by atoms with Crippen LogP contribution in [-0.4, -0.2) is 17.9 Å². The quantitative estimate of drug-likeness (QED) is 0.236. The fourth-order valence-corrected chi connectivity index (χ4v) is 3.94. The molecule has 0 atom stereocenters. The van der Waals surface area contributed by atoms with Gasteiger partial charge in [0.2, 0.25) is 5.91 Å². The molecule has 3 aromatic carbocycles. The largest absolute Gasteiger partial charge is 0.455 e. The highest BCUT2D eigenvalue weighted by molar-refractivity contribution is 8.00. The third-order valence-electron chi connectivity index (χ3n) is 4.23. The summed E-state index contributed by atoms with van der Waals surface area (Å²) in [5.74, 6) is 1.33. The Hall–Kier alpha value is -3.02. The van der Waals surface area contributed by atoms with Gasteiger partial charge in [-0.05, 0) is 41.1 Å². The molecule has 144 valence electrons. The van der Waals surface area contributed by atoms with E-state index in [1.54, 1.807) is 6.07 Å². The van der Waals surface area contributed by atoms with Crippen LogP contribution in [0.4, 0.5) is 0 Å². The smallest absolute Gasteiger partial charge is 0.250 e. The van der Waals surface area contributed by atoms with E-state index in [1.165, 1.54) is 18.0 Å². The number of furan rings is 1. The molecule has 1 aromatic heterocycles. The van der Waals surface area contributed by atoms with Gasteiger partial charge in [0.25, 0.3) is 0 Å². The number of carbonyl (C=O) groups is 1. The Kier molecular flexibility index (Phi) is 5.98. The van der Waals surface area contributed by atoms with Crippen LogP contribution in [0.25, 0.3) is 22.1 Å². The monoisotopic (exact) mass is 420 g/mol. The second kappa shape index (κ2) is 8.99. The second-order valence-corrected chi connectivity index (χ2v) is 7.73. The van der Waals surface area contributed by atoms with Crippen molar-refractivity contribution in [3.8, 4) is 11.3 Å². The summed E-state index contributed by atoms with van der Waals surface area (Å²) in [4.78, 5) is 13.2. The van der Waals surface area contributed by atoms with E-state index in [9.17, 15) is 4.79 Å². The highest BCUT2D eigenvalue weighted by Gasteiger charge is 2.06. The molecule has 4 nitrogen and oxygen atoms in total. The fourth-order valence-electron chi connectivity index (χ4n) is 2.88. The third-order valence-corrected chi connectivity index (χ3v) is 5.53. The number of hydrogen-bond donors (Lipinski definition) is 1. The molecule has 6 heteroatoms. The predicted molar refractivity (Wildman–Crippen MR) is 120 cm³/mol. The van der Waals surface area contributed by atoms with E-state index in [1.807, 2.05) is 54.6 Å². The number of fused-ring (bicyclic) bond motifs is 1. The Morgan fingerprint density at radius 1 is 1.03 bits per heavy atom. The maximum Gasteiger partial charge on any atom is 0.250 e. The van der Waals surface area contributed by atoms with Crippen molar-refractivity contribution >= 4 is 46.3 Å². The summed E-state index contributed by atoms with van der Waals surface area (Å²) in [6, 6.07) is 25.2. The topological polar surface area (TPSA) is 54.6 Å². The van der Waals surface area contributed by atoms with E-state index < -0.39 is 0 Å². The lowest BCUT2D eigenvalue weighted by Gasteiger charge is -2.05. The van der Waals surface area contributed by atoms with Gasteiger partial charge in [-0.1, -0.05) is 60.1 Å². The SMILES string of the molecule is O=C(CSc1cccc2ccccc12)NN=Cc1ccc(-c2cccc(Cl)c2)o1. The van der Waals surface area contributed by atoms with E-state index in [0.29, 0.717) is 16.5 Å². The molecule has 0 aliphatic carbocycles. The lowest BCUT2D eigenvalue weighted by Crippen LogP contribution is -2.19. The van der Waals surface area contributed by atoms with Crippen LogP contribution in [0.5, 0.6) is 0 Å². The average molecular weight is 421 g/mol. The third kappa shape index (κ3) is 4.88. The molecule has 0 unspecified atom stereocenters. The van der Waals surface area contributed by atoms with Crippen LogP contribution in [0.3, 0.4) is 0 Å². The van der Waals surface area contributed by atoms with Gasteiger partial charge in [-0.15, -0.1) is 11.8 Å². The van der Waals surface area contributed by atoms with Crippen molar-refractivity contribution in [3.05, 3.63) is 89.6 Å². The van der Waals surface area contributed by atoms with Gasteiger partial charge < -0.3 is 4.42 Å². The van der Waals surface area contributed by atoms with Crippen LogP contribution in [0, 0.1) is 0 Å². The van der Waals surface area contributed by atoms with E-state index in [0.717, 1.165) is 21.2 Å². The maximum absolute atomic E-state index is 12.1. The van der Waals surface area contributed by atoms with Crippen LogP contribution in [0.15, 0.2) is 93.3 Å². The van der Waals surface area contributed by atoms with Crippen molar-refractivity contribution in [2.45, 2.75) is 4.90 Å². The lowest BCUT2D eigenvalue weighted by molar-refractivity contribution is -0.118. The molecule has 0 radical (unpaired) electrons. The Morgan fingerprint density at radius 2 is 1.86 bits per heavy atom. The highest BCUT2D eigenvalue weighted by Crippen LogP contribution is 2.27. The summed E-state index contributed by atoms with van der Waals surface area (Å²) in [7, 11) is 0. The first-order valence-corrected chi connectivity index (χ1v) is 10.3. The first-order chi connectivity index (χ1) is 14.2. The lowest BCUT2D eigenvalue weighted by atomic mass is 10.1. The molecular weight excluding hydrogens is 404 g/mol. The van der Waals surface area contributed by atoms with Crippen LogP contribution < -0.4 is 5.43 Å². The Balaban J connectivity index is 1.33. The van der Waals surface area contributed by atoms with Crippen LogP contribution in [-0.2, 0) is 4.79 Å². The summed E-state index contributed by atoms with van der Waals surface area (Å²) >= 11 is 7.49. The van der Waals surface area contributed by atoms with E-state index in [4.69, 9.17) is 16.0 Å². The molecule has 1 N–H and O–H groups in total. The molecule has 0 bridgehead atoms. The van der Waals surface area contributed by atoms with Gasteiger partial charge in [0.15, 0.2) is 0 Å². The number of thioether (sulfide) groups is 1. The first-order valence-electron chi connectivity index (χ1n) is 8.97. The zero-order valence-corrected chi connectivity index (χ0v) is 16.9. The minimum atomic E-state index is -0.180. The van der Waals surface area contributed by atoms with Crippen LogP contribution >= 0.6 is 23.4 Å². The second-order valence-electron chi connectivity index (χ2n) is 6.27. The van der Waals surface area contributed by atoms with Gasteiger partial charge >= 0.3 is 0 Å². The van der Waals surface area contributed by atoms with Gasteiger partial charge in [-0.25, -0.2) is 5.43 Å². The molecule has 1 heterocycles. The van der Waals surface area contributed by atoms with Gasteiger partial charge in [-0.2, -0.15) is 5.10 Å². The number of rotatable bonds is 6. The molecular formula is C23H17ClN2O2S. The normalized spacial score (nSPS) is 11.2. The summed E-state index contributed by atoms with van der Waals surface area (Å²) in [6.07, 6.45) is 1.48. The number of halogens is 1. The fraction of sp³-hybridized carbons (Fsp3) is 0.0435. The summed E-state index contributed by atoms with van der Waals surface area (Å²) in [5, 5.41) is 6.92. The van der Waals surface area contributed by atoms with Crippen molar-refractivity contribution in [2.24, 2.45) is 5.10 Å². The van der Waals surface area contributed by atoms with Crippen molar-refractivity contribution in [1.82, 2.24) is 5.43 Å². The van der Waals surface area contributed by atoms with Gasteiger partial charge in [0.05, 0.1) is 12.0 Å². The van der Waals surface area contributed by atoms with Gasteiger partial charge in [0, 0.05) is 15.5 Å². The van der Waals surface area contributed by atoms with Crippen molar-refractivity contribution in [3.63, 3.8) is 0 Å². The van der Waals surface area contributed by atoms with E-state index in [2.05, 4.69) is 28.7 Å². The molecule has 0 saturated carbocycles. The van der Waals surface area contributed by atoms with Crippen molar-refractivity contribution in [1.29, 1.82) is 0 Å². The molecule has 0 spiro atoms. The van der Waals surface area contributed by atoms with Gasteiger partial charge in [-0.3, -0.25) is 4.79 Å². The number of hydrazone groups is 1. The number of hydrogen-bond acceptors (Lipinski definition) is 4. The minimum absolute atomic E-state index is 0.180. The number of carbonyl (C=O) groups excluding carboxylic acids is 1. The Labute approximate surface area is 177 Å². The molecule has 4 rings (SSSR count). The number of nitrogens with one attached hydrogen (secondary N) is 1. The first kappa shape index (κ1) is 19.3. The van der Waals surface area contributed by atoms with Crippen LogP contribution in [0.1, 0.15) is 5.76 Å². The Bertz CT molecular complexity index is 1180. The molecule has 1 amide bonds. The summed E-state index contributed by atoms with van der Waals surface area (Å²) in [5.41, 5.74) is 3.42. The molecule has 0 aliphatic heterocycles. The number of nitrogens with zero attached hydrogens (tertiary/aromatic N) is 1. The summed E-state index contributed by atoms with van der Waals surface area (Å²) < 4.78 is 5.72. The molecule has 0 fully saturated rings. The van der Waals surface area contributed by atoms with Gasteiger partial charge in [0.1, 0.15) is 11.5 Å². The van der Waals surface area contributed by atoms with Crippen LogP contribution in [0.2, 0.25) is 5.02 Å². The molecule has 4 aromatic rings. The Morgan fingerprint density at radius 3 is 2.76 bits per heavy atom. The summed E-state index contributed by atoms with van der Waals surface area (Å²) in [6.45, 7) is 0. The zero-order valence-electron chi connectivity index (χ0n) is 15.3. The molecule has 0 aliphatic rings. The van der Waals surface area contributed by atoms with E-state index in [-0.39, 0.29) is 11.7 Å². The number of amides is 1. The minimum Gasteiger partial charge on any atom is -0.455 e. The molecule has 29 heavy (non-hydrogen) atoms. The zero-order chi connectivity index (χ0) is 20.1. The van der Waals surface area contributed by atoms with E-state index >= 15 is 0 Å². The maximum atomic E-state index is 12.1. The predicted octanol–water partition coefficient (Wildman–Crippen LogP) is 6.00. The molecule has 0 saturated heterocycles. The average Bonchev–Trinajstić information content (AvgIpc) is 3.21. The standard InChI is InChI=1S/C23H17ClN2O2S/c24-18-8-3-7-17(13-18)21-12-11-19(28-21)14-25-26-23(27)15-29-22-10-4-6-16-5-1-2-9-20(16)22/h1-14H,15H2,(H,26,27).